The molecular formula is C17H20FNO. The van der Waals surface area contributed by atoms with Gasteiger partial charge >= 0.3 is 0 Å². The Labute approximate surface area is 119 Å². The minimum absolute atomic E-state index is 0.0859. The monoisotopic (exact) mass is 273 g/mol. The lowest BCUT2D eigenvalue weighted by Gasteiger charge is -2.21. The molecule has 1 unspecified atom stereocenters. The highest BCUT2D eigenvalue weighted by Crippen LogP contribution is 2.21. The second kappa shape index (κ2) is 6.53. The number of methoxy groups -OCH3 is 1. The van der Waals surface area contributed by atoms with Crippen molar-refractivity contribution in [2.45, 2.75) is 25.9 Å². The van der Waals surface area contributed by atoms with Gasteiger partial charge in [0.1, 0.15) is 11.6 Å². The van der Waals surface area contributed by atoms with E-state index in [1.54, 1.807) is 19.2 Å². The number of rotatable bonds is 5. The maximum atomic E-state index is 13.2. The molecule has 0 fully saturated rings. The van der Waals surface area contributed by atoms with Crippen LogP contribution in [0, 0.1) is 5.82 Å². The molecule has 0 aromatic heterocycles. The Morgan fingerprint density at radius 1 is 0.950 bits per heavy atom. The summed E-state index contributed by atoms with van der Waals surface area (Å²) < 4.78 is 18.4. The Balaban J connectivity index is 2.04. The molecule has 0 radical (unpaired) electrons. The minimum Gasteiger partial charge on any atom is -0.497 e. The van der Waals surface area contributed by atoms with Crippen molar-refractivity contribution < 1.29 is 9.13 Å². The van der Waals surface area contributed by atoms with Gasteiger partial charge in [0.25, 0.3) is 0 Å². The molecule has 2 aromatic carbocycles. The molecule has 2 atom stereocenters. The van der Waals surface area contributed by atoms with Crippen LogP contribution in [0.1, 0.15) is 37.1 Å². The van der Waals surface area contributed by atoms with Gasteiger partial charge in [-0.1, -0.05) is 24.3 Å². The third-order valence-corrected chi connectivity index (χ3v) is 3.46. The predicted molar refractivity (Wildman–Crippen MR) is 79.4 cm³/mol. The topological polar surface area (TPSA) is 21.3 Å². The molecule has 0 amide bonds. The summed E-state index contributed by atoms with van der Waals surface area (Å²) in [5, 5.41) is 3.47. The first kappa shape index (κ1) is 14.5. The number of halogens is 1. The normalized spacial score (nSPS) is 13.8. The van der Waals surface area contributed by atoms with Crippen LogP contribution in [0.3, 0.4) is 0 Å². The van der Waals surface area contributed by atoms with Crippen LogP contribution >= 0.6 is 0 Å². The SMILES string of the molecule is COc1ccc(C(C)N[C@@H](C)c2cccc(F)c2)cc1. The third kappa shape index (κ3) is 3.58. The van der Waals surface area contributed by atoms with Crippen LogP contribution in [-0.2, 0) is 0 Å². The summed E-state index contributed by atoms with van der Waals surface area (Å²) in [5.41, 5.74) is 2.12. The maximum Gasteiger partial charge on any atom is 0.123 e. The highest BCUT2D eigenvalue weighted by atomic mass is 19.1. The van der Waals surface area contributed by atoms with Crippen molar-refractivity contribution in [1.82, 2.24) is 5.32 Å². The fourth-order valence-corrected chi connectivity index (χ4v) is 2.24. The van der Waals surface area contributed by atoms with Gasteiger partial charge in [0, 0.05) is 12.1 Å². The molecule has 0 aliphatic rings. The maximum absolute atomic E-state index is 13.2. The van der Waals surface area contributed by atoms with Crippen LogP contribution < -0.4 is 10.1 Å². The fourth-order valence-electron chi connectivity index (χ4n) is 2.24. The molecule has 0 aliphatic carbocycles. The van der Waals surface area contributed by atoms with Crippen LogP contribution in [-0.4, -0.2) is 7.11 Å². The smallest absolute Gasteiger partial charge is 0.123 e. The summed E-state index contributed by atoms with van der Waals surface area (Å²) >= 11 is 0. The van der Waals surface area contributed by atoms with Gasteiger partial charge in [0.15, 0.2) is 0 Å². The van der Waals surface area contributed by atoms with Gasteiger partial charge in [-0.2, -0.15) is 0 Å². The number of nitrogens with one attached hydrogen (secondary N) is 1. The van der Waals surface area contributed by atoms with E-state index in [4.69, 9.17) is 4.74 Å². The molecule has 2 rings (SSSR count). The zero-order valence-electron chi connectivity index (χ0n) is 12.1. The molecule has 1 N–H and O–H groups in total. The van der Waals surface area contributed by atoms with Gasteiger partial charge in [-0.15, -0.1) is 0 Å². The van der Waals surface area contributed by atoms with Gasteiger partial charge < -0.3 is 10.1 Å². The first-order valence-electron chi connectivity index (χ1n) is 6.75. The molecule has 2 nitrogen and oxygen atoms in total. The number of hydrogen-bond donors (Lipinski definition) is 1. The standard InChI is InChI=1S/C17H20FNO/c1-12(14-7-9-17(20-3)10-8-14)19-13(2)15-5-4-6-16(18)11-15/h4-13,19H,1-3H3/t12?,13-/m0/s1. The second-order valence-corrected chi connectivity index (χ2v) is 4.94. The molecule has 0 bridgehead atoms. The van der Waals surface area contributed by atoms with E-state index >= 15 is 0 Å². The predicted octanol–water partition coefficient (Wildman–Crippen LogP) is 4.25. The van der Waals surface area contributed by atoms with Gasteiger partial charge in [0.05, 0.1) is 7.11 Å². The molecule has 0 heterocycles. The van der Waals surface area contributed by atoms with Gasteiger partial charge in [0.2, 0.25) is 0 Å². The van der Waals surface area contributed by atoms with Crippen molar-refractivity contribution >= 4 is 0 Å². The van der Waals surface area contributed by atoms with E-state index < -0.39 is 0 Å². The lowest BCUT2D eigenvalue weighted by Crippen LogP contribution is -2.22. The summed E-state index contributed by atoms with van der Waals surface area (Å²) in [6.07, 6.45) is 0. The summed E-state index contributed by atoms with van der Waals surface area (Å²) in [5.74, 6) is 0.646. The molecule has 0 spiro atoms. The summed E-state index contributed by atoms with van der Waals surface area (Å²) in [7, 11) is 1.66. The summed E-state index contributed by atoms with van der Waals surface area (Å²) in [6.45, 7) is 4.13. The Morgan fingerprint density at radius 2 is 1.60 bits per heavy atom. The average Bonchev–Trinajstić information content (AvgIpc) is 2.47. The van der Waals surface area contributed by atoms with Crippen LogP contribution in [0.25, 0.3) is 0 Å². The minimum atomic E-state index is -0.201. The van der Waals surface area contributed by atoms with E-state index in [0.29, 0.717) is 0 Å². The Kier molecular flexibility index (Phi) is 4.74. The van der Waals surface area contributed by atoms with Gasteiger partial charge in [-0.25, -0.2) is 4.39 Å². The quantitative estimate of drug-likeness (QED) is 0.879. The zero-order chi connectivity index (χ0) is 14.5. The second-order valence-electron chi connectivity index (χ2n) is 4.94. The van der Waals surface area contributed by atoms with Crippen molar-refractivity contribution in [2.75, 3.05) is 7.11 Å². The van der Waals surface area contributed by atoms with Crippen molar-refractivity contribution in [3.63, 3.8) is 0 Å². The lowest BCUT2D eigenvalue weighted by atomic mass is 10.0. The van der Waals surface area contributed by atoms with Crippen molar-refractivity contribution in [2.24, 2.45) is 0 Å². The van der Waals surface area contributed by atoms with Crippen molar-refractivity contribution in [3.05, 3.63) is 65.5 Å². The van der Waals surface area contributed by atoms with Crippen LogP contribution in [0.15, 0.2) is 48.5 Å². The highest BCUT2D eigenvalue weighted by Gasteiger charge is 2.11. The molecule has 106 valence electrons. The Bertz CT molecular complexity index is 553. The molecule has 3 heteroatoms. The third-order valence-electron chi connectivity index (χ3n) is 3.46. The Morgan fingerprint density at radius 3 is 2.20 bits per heavy atom. The van der Waals surface area contributed by atoms with Crippen LogP contribution in [0.2, 0.25) is 0 Å². The van der Waals surface area contributed by atoms with Gasteiger partial charge in [-0.05, 0) is 49.2 Å². The molecular weight excluding hydrogens is 253 g/mol. The largest absolute Gasteiger partial charge is 0.497 e. The highest BCUT2D eigenvalue weighted by molar-refractivity contribution is 5.29. The van der Waals surface area contributed by atoms with E-state index in [2.05, 4.69) is 12.2 Å². The van der Waals surface area contributed by atoms with Crippen LogP contribution in [0.4, 0.5) is 4.39 Å². The molecule has 0 saturated heterocycles. The number of hydrogen-bond acceptors (Lipinski definition) is 2. The molecule has 20 heavy (non-hydrogen) atoms. The lowest BCUT2D eigenvalue weighted by molar-refractivity contribution is 0.414. The van der Waals surface area contributed by atoms with Gasteiger partial charge in [-0.3, -0.25) is 0 Å². The first-order chi connectivity index (χ1) is 9.60. The summed E-state index contributed by atoms with van der Waals surface area (Å²) in [4.78, 5) is 0. The zero-order valence-corrected chi connectivity index (χ0v) is 12.1. The van der Waals surface area contributed by atoms with Crippen molar-refractivity contribution in [3.8, 4) is 5.75 Å². The number of benzene rings is 2. The number of ether oxygens (including phenoxy) is 1. The van der Waals surface area contributed by atoms with Crippen molar-refractivity contribution in [1.29, 1.82) is 0 Å². The molecule has 0 aliphatic heterocycles. The van der Waals surface area contributed by atoms with Crippen LogP contribution in [0.5, 0.6) is 5.75 Å². The molecule has 0 saturated carbocycles. The van der Waals surface area contributed by atoms with E-state index in [1.165, 1.54) is 11.6 Å². The Hall–Kier alpha value is -1.87. The fraction of sp³-hybridized carbons (Fsp3) is 0.294. The first-order valence-corrected chi connectivity index (χ1v) is 6.75. The van der Waals surface area contributed by atoms with E-state index in [0.717, 1.165) is 11.3 Å². The van der Waals surface area contributed by atoms with E-state index in [1.807, 2.05) is 37.3 Å². The average molecular weight is 273 g/mol. The van der Waals surface area contributed by atoms with E-state index in [-0.39, 0.29) is 17.9 Å². The molecule has 2 aromatic rings. The van der Waals surface area contributed by atoms with E-state index in [9.17, 15) is 4.39 Å². The summed E-state index contributed by atoms with van der Waals surface area (Å²) in [6, 6.07) is 14.9.